The molecule has 0 aromatic heterocycles. The fraction of sp³-hybridized carbons (Fsp3) is 0.944. The van der Waals surface area contributed by atoms with Crippen LogP contribution in [-0.4, -0.2) is 74.0 Å². The summed E-state index contributed by atoms with van der Waals surface area (Å²) >= 11 is 0. The third-order valence-corrected chi connectivity index (χ3v) is 6.88. The zero-order valence-electron chi connectivity index (χ0n) is 16.3. The minimum atomic E-state index is -0.982. The summed E-state index contributed by atoms with van der Waals surface area (Å²) in [5.41, 5.74) is 9.18. The molecule has 4 saturated heterocycles. The lowest BCUT2D eigenvalue weighted by Crippen LogP contribution is -2.61. The molecule has 4 heterocycles. The third kappa shape index (κ3) is 4.03. The molecule has 1 amide bonds. The SMILES string of the molecule is CC1NC(F)CCC1C1CCNCC1NC(=O)C1C(N)NN2CC(F)CNC12. The van der Waals surface area contributed by atoms with Crippen LogP contribution in [0.4, 0.5) is 8.78 Å². The van der Waals surface area contributed by atoms with Crippen LogP contribution in [0.15, 0.2) is 0 Å². The molecule has 8 nitrogen and oxygen atoms in total. The lowest BCUT2D eigenvalue weighted by Gasteiger charge is -2.44. The van der Waals surface area contributed by atoms with Gasteiger partial charge in [0, 0.05) is 31.7 Å². The van der Waals surface area contributed by atoms with Gasteiger partial charge in [-0.25, -0.2) is 19.2 Å². The molecule has 4 fully saturated rings. The highest BCUT2D eigenvalue weighted by molar-refractivity contribution is 5.80. The number of piperidine rings is 2. The van der Waals surface area contributed by atoms with Crippen LogP contribution in [0.1, 0.15) is 26.2 Å². The first-order valence-electron chi connectivity index (χ1n) is 10.5. The second kappa shape index (κ2) is 8.45. The maximum atomic E-state index is 13.7. The number of fused-ring (bicyclic) bond motifs is 1. The Morgan fingerprint density at radius 2 is 2.00 bits per heavy atom. The average Bonchev–Trinajstić information content (AvgIpc) is 2.97. The molecule has 0 saturated carbocycles. The number of carbonyl (C=O) groups is 1. The number of carbonyl (C=O) groups excluding carboxylic acids is 1. The standard InChI is InChI=1S/C18H33F2N7O/c1-9-11(2-3-14(20)24-9)12-4-5-22-7-13(12)25-18(28)15-16(21)26-27-8-10(19)6-23-17(15)27/h9-17,22-24,26H,2-8,21H2,1H3,(H,25,28). The molecule has 0 aromatic carbocycles. The molecular formula is C18H33F2N7O. The quantitative estimate of drug-likeness (QED) is 0.328. The van der Waals surface area contributed by atoms with Crippen molar-refractivity contribution in [2.75, 3.05) is 26.2 Å². The van der Waals surface area contributed by atoms with Crippen molar-refractivity contribution in [3.63, 3.8) is 0 Å². The molecule has 10 heteroatoms. The molecule has 28 heavy (non-hydrogen) atoms. The number of hydrogen-bond donors (Lipinski definition) is 6. The van der Waals surface area contributed by atoms with Crippen molar-refractivity contribution in [3.05, 3.63) is 0 Å². The third-order valence-electron chi connectivity index (χ3n) is 6.88. The fourth-order valence-electron chi connectivity index (χ4n) is 5.47. The predicted molar refractivity (Wildman–Crippen MR) is 101 cm³/mol. The number of halogens is 2. The van der Waals surface area contributed by atoms with Crippen LogP contribution in [-0.2, 0) is 4.79 Å². The van der Waals surface area contributed by atoms with E-state index in [0.29, 0.717) is 18.9 Å². The summed E-state index contributed by atoms with van der Waals surface area (Å²) in [4.78, 5) is 13.1. The van der Waals surface area contributed by atoms with Gasteiger partial charge in [0.1, 0.15) is 6.17 Å². The lowest BCUT2D eigenvalue weighted by atomic mass is 9.74. The lowest BCUT2D eigenvalue weighted by molar-refractivity contribution is -0.128. The van der Waals surface area contributed by atoms with E-state index in [2.05, 4.69) is 26.7 Å². The Kier molecular flexibility index (Phi) is 6.15. The topological polar surface area (TPSA) is 106 Å². The largest absolute Gasteiger partial charge is 0.351 e. The molecule has 0 radical (unpaired) electrons. The number of rotatable bonds is 3. The minimum absolute atomic E-state index is 0.0228. The van der Waals surface area contributed by atoms with Gasteiger partial charge in [-0.05, 0) is 44.6 Å². The van der Waals surface area contributed by atoms with Crippen molar-refractivity contribution in [2.45, 2.75) is 63.1 Å². The molecule has 4 aliphatic rings. The zero-order valence-corrected chi connectivity index (χ0v) is 16.3. The summed E-state index contributed by atoms with van der Waals surface area (Å²) in [6.45, 7) is 4.08. The molecule has 7 N–H and O–H groups in total. The second-order valence-corrected chi connectivity index (χ2v) is 8.72. The van der Waals surface area contributed by atoms with Gasteiger partial charge in [0.25, 0.3) is 0 Å². The van der Waals surface area contributed by atoms with Gasteiger partial charge >= 0.3 is 0 Å². The van der Waals surface area contributed by atoms with Crippen LogP contribution in [0.5, 0.6) is 0 Å². The van der Waals surface area contributed by atoms with Gasteiger partial charge in [0.2, 0.25) is 5.91 Å². The number of nitrogens with two attached hydrogens (primary N) is 1. The van der Waals surface area contributed by atoms with E-state index in [-0.39, 0.29) is 43.2 Å². The van der Waals surface area contributed by atoms with Gasteiger partial charge in [-0.15, -0.1) is 0 Å². The molecule has 160 valence electrons. The molecule has 0 bridgehead atoms. The van der Waals surface area contributed by atoms with Crippen molar-refractivity contribution in [2.24, 2.45) is 23.5 Å². The number of amides is 1. The van der Waals surface area contributed by atoms with Crippen LogP contribution in [0.2, 0.25) is 0 Å². The van der Waals surface area contributed by atoms with Crippen LogP contribution < -0.4 is 32.4 Å². The number of hydrazine groups is 1. The van der Waals surface area contributed by atoms with Crippen molar-refractivity contribution < 1.29 is 13.6 Å². The van der Waals surface area contributed by atoms with Crippen LogP contribution in [0, 0.1) is 17.8 Å². The number of alkyl halides is 2. The van der Waals surface area contributed by atoms with Crippen molar-refractivity contribution in [1.29, 1.82) is 0 Å². The van der Waals surface area contributed by atoms with E-state index in [9.17, 15) is 13.6 Å². The highest BCUT2D eigenvalue weighted by atomic mass is 19.1. The van der Waals surface area contributed by atoms with Gasteiger partial charge in [0.05, 0.1) is 18.2 Å². The first kappa shape index (κ1) is 20.4. The Morgan fingerprint density at radius 1 is 1.18 bits per heavy atom. The smallest absolute Gasteiger partial charge is 0.229 e. The summed E-state index contributed by atoms with van der Waals surface area (Å²) in [5, 5.41) is 14.4. The first-order valence-corrected chi connectivity index (χ1v) is 10.5. The Labute approximate surface area is 164 Å². The molecule has 9 atom stereocenters. The number of hydrogen-bond acceptors (Lipinski definition) is 7. The van der Waals surface area contributed by atoms with Crippen LogP contribution in [0.3, 0.4) is 0 Å². The average molecular weight is 402 g/mol. The molecular weight excluding hydrogens is 368 g/mol. The zero-order chi connectivity index (χ0) is 19.8. The molecule has 9 unspecified atom stereocenters. The second-order valence-electron chi connectivity index (χ2n) is 8.72. The molecule has 0 spiro atoms. The van der Waals surface area contributed by atoms with E-state index < -0.39 is 24.6 Å². The maximum absolute atomic E-state index is 13.7. The highest BCUT2D eigenvalue weighted by Crippen LogP contribution is 2.33. The molecule has 0 aromatic rings. The van der Waals surface area contributed by atoms with Crippen molar-refractivity contribution >= 4 is 5.91 Å². The predicted octanol–water partition coefficient (Wildman–Crippen LogP) is -1.25. The summed E-state index contributed by atoms with van der Waals surface area (Å²) in [6.07, 6.45) is -0.490. The Hall–Kier alpha value is -0.910. The van der Waals surface area contributed by atoms with E-state index in [1.165, 1.54) is 0 Å². The maximum Gasteiger partial charge on any atom is 0.229 e. The van der Waals surface area contributed by atoms with Gasteiger partial charge < -0.3 is 16.4 Å². The Morgan fingerprint density at radius 3 is 2.79 bits per heavy atom. The number of nitrogens with zero attached hydrogens (tertiary/aromatic N) is 1. The van der Waals surface area contributed by atoms with E-state index in [0.717, 1.165) is 19.4 Å². The molecule has 4 aliphatic heterocycles. The van der Waals surface area contributed by atoms with Gasteiger partial charge in [-0.2, -0.15) is 0 Å². The van der Waals surface area contributed by atoms with Crippen molar-refractivity contribution in [3.8, 4) is 0 Å². The summed E-state index contributed by atoms with van der Waals surface area (Å²) in [6, 6.07) is 0.0593. The van der Waals surface area contributed by atoms with Crippen LogP contribution in [0.25, 0.3) is 0 Å². The summed E-state index contributed by atoms with van der Waals surface area (Å²) in [5.74, 6) is 0.00537. The fourth-order valence-corrected chi connectivity index (χ4v) is 5.47. The van der Waals surface area contributed by atoms with Crippen LogP contribution >= 0.6 is 0 Å². The normalized spacial score (nSPS) is 47.5. The Balaban J connectivity index is 1.42. The number of nitrogens with one attached hydrogen (secondary N) is 5. The van der Waals surface area contributed by atoms with Gasteiger partial charge in [-0.3, -0.25) is 15.4 Å². The summed E-state index contributed by atoms with van der Waals surface area (Å²) in [7, 11) is 0. The van der Waals surface area contributed by atoms with E-state index >= 15 is 0 Å². The van der Waals surface area contributed by atoms with Crippen molar-refractivity contribution in [1.82, 2.24) is 31.7 Å². The van der Waals surface area contributed by atoms with E-state index in [1.54, 1.807) is 5.01 Å². The molecule has 4 rings (SSSR count). The van der Waals surface area contributed by atoms with Gasteiger partial charge in [0.15, 0.2) is 6.30 Å². The Bertz CT molecular complexity index is 570. The molecule has 0 aliphatic carbocycles. The minimum Gasteiger partial charge on any atom is -0.351 e. The van der Waals surface area contributed by atoms with Gasteiger partial charge in [-0.1, -0.05) is 0 Å². The van der Waals surface area contributed by atoms with E-state index in [4.69, 9.17) is 5.73 Å². The summed E-state index contributed by atoms with van der Waals surface area (Å²) < 4.78 is 27.3. The first-order chi connectivity index (χ1) is 13.4. The monoisotopic (exact) mass is 401 g/mol. The highest BCUT2D eigenvalue weighted by Gasteiger charge is 2.48. The van der Waals surface area contributed by atoms with E-state index in [1.807, 2.05) is 6.92 Å².